The van der Waals surface area contributed by atoms with Crippen LogP contribution in [0.15, 0.2) is 54.1 Å². The summed E-state index contributed by atoms with van der Waals surface area (Å²) in [5.74, 6) is 0. The van der Waals surface area contributed by atoms with Crippen molar-refractivity contribution in [1.82, 2.24) is 5.32 Å². The van der Waals surface area contributed by atoms with Gasteiger partial charge in [-0.05, 0) is 31.0 Å². The van der Waals surface area contributed by atoms with E-state index in [1.165, 1.54) is 11.1 Å². The second-order valence-corrected chi connectivity index (χ2v) is 4.39. The summed E-state index contributed by atoms with van der Waals surface area (Å²) in [4.78, 5) is 0. The summed E-state index contributed by atoms with van der Waals surface area (Å²) < 4.78 is 0. The van der Waals surface area contributed by atoms with Crippen LogP contribution < -0.4 is 11.1 Å². The van der Waals surface area contributed by atoms with Crippen LogP contribution in [-0.2, 0) is 0 Å². The molecule has 0 bridgehead atoms. The van der Waals surface area contributed by atoms with Crippen molar-refractivity contribution >= 4 is 0 Å². The lowest BCUT2D eigenvalue weighted by Crippen LogP contribution is -2.37. The predicted octanol–water partition coefficient (Wildman–Crippen LogP) is 2.55. The van der Waals surface area contributed by atoms with Gasteiger partial charge in [-0.15, -0.1) is 0 Å². The normalized spacial score (nSPS) is 18.6. The molecule has 0 aromatic heterocycles. The van der Waals surface area contributed by atoms with Gasteiger partial charge in [-0.3, -0.25) is 0 Å². The van der Waals surface area contributed by atoms with Crippen LogP contribution in [0.5, 0.6) is 0 Å². The number of likely N-dealkylation sites (N-methyl/N-ethyl adjacent to an activating group) is 1. The third-order valence-electron chi connectivity index (χ3n) is 3.24. The van der Waals surface area contributed by atoms with Gasteiger partial charge in [0, 0.05) is 6.04 Å². The number of nitrogens with two attached hydrogens (primary N) is 1. The molecule has 3 N–H and O–H groups in total. The molecule has 0 spiro atoms. The largest absolute Gasteiger partial charge is 0.322 e. The highest BCUT2D eigenvalue weighted by molar-refractivity contribution is 5.32. The summed E-state index contributed by atoms with van der Waals surface area (Å²) in [5, 5.41) is 3.32. The van der Waals surface area contributed by atoms with E-state index in [4.69, 9.17) is 5.73 Å². The monoisotopic (exact) mass is 228 g/mol. The summed E-state index contributed by atoms with van der Waals surface area (Å²) in [7, 11) is 1.96. The fraction of sp³-hybridized carbons (Fsp3) is 0.333. The molecule has 0 saturated carbocycles. The van der Waals surface area contributed by atoms with Crippen LogP contribution in [0.2, 0.25) is 0 Å². The Morgan fingerprint density at radius 3 is 2.53 bits per heavy atom. The van der Waals surface area contributed by atoms with Gasteiger partial charge < -0.3 is 11.1 Å². The van der Waals surface area contributed by atoms with E-state index in [2.05, 4.69) is 47.8 Å². The van der Waals surface area contributed by atoms with Crippen molar-refractivity contribution in [3.8, 4) is 0 Å². The number of benzene rings is 1. The second-order valence-electron chi connectivity index (χ2n) is 4.39. The van der Waals surface area contributed by atoms with E-state index in [1.54, 1.807) is 0 Å². The molecule has 2 rings (SSSR count). The molecular formula is C15H20N2. The molecule has 2 atom stereocenters. The molecule has 0 saturated heterocycles. The Kier molecular flexibility index (Phi) is 4.13. The third kappa shape index (κ3) is 2.84. The molecule has 90 valence electrons. The zero-order valence-electron chi connectivity index (χ0n) is 10.3. The first-order chi connectivity index (χ1) is 8.33. The topological polar surface area (TPSA) is 38.0 Å². The molecule has 1 aliphatic rings. The summed E-state index contributed by atoms with van der Waals surface area (Å²) in [5.41, 5.74) is 8.83. The SMILES string of the molecule is CN[C@@H](c1ccccc1)[C@@H](N)C1=CCCC=C1. The zero-order valence-corrected chi connectivity index (χ0v) is 10.3. The van der Waals surface area contributed by atoms with Crippen LogP contribution >= 0.6 is 0 Å². The Balaban J connectivity index is 2.18. The first-order valence-electron chi connectivity index (χ1n) is 6.17. The van der Waals surface area contributed by atoms with Gasteiger partial charge in [0.1, 0.15) is 0 Å². The van der Waals surface area contributed by atoms with Gasteiger partial charge in [-0.25, -0.2) is 0 Å². The number of hydrogen-bond donors (Lipinski definition) is 2. The lowest BCUT2D eigenvalue weighted by Gasteiger charge is -2.26. The van der Waals surface area contributed by atoms with Crippen LogP contribution in [-0.4, -0.2) is 13.1 Å². The predicted molar refractivity (Wildman–Crippen MR) is 72.7 cm³/mol. The van der Waals surface area contributed by atoms with Crippen LogP contribution in [0.4, 0.5) is 0 Å². The van der Waals surface area contributed by atoms with Crippen molar-refractivity contribution in [1.29, 1.82) is 0 Å². The number of hydrogen-bond acceptors (Lipinski definition) is 2. The molecule has 1 aromatic carbocycles. The highest BCUT2D eigenvalue weighted by Crippen LogP contribution is 2.23. The van der Waals surface area contributed by atoms with Crippen molar-refractivity contribution < 1.29 is 0 Å². The molecule has 1 aliphatic carbocycles. The second kappa shape index (κ2) is 5.80. The Labute approximate surface area is 103 Å². The molecule has 0 heterocycles. The highest BCUT2D eigenvalue weighted by Gasteiger charge is 2.20. The number of allylic oxidation sites excluding steroid dienone is 2. The van der Waals surface area contributed by atoms with Crippen molar-refractivity contribution in [2.24, 2.45) is 5.73 Å². The van der Waals surface area contributed by atoms with E-state index < -0.39 is 0 Å². The zero-order chi connectivity index (χ0) is 12.1. The standard InChI is InChI=1S/C15H20N2/c1-17-15(13-10-6-3-7-11-13)14(16)12-8-4-2-5-9-12/h3-4,6-11,14-15,17H,2,5,16H2,1H3/t14-,15-/m0/s1. The fourth-order valence-corrected chi connectivity index (χ4v) is 2.29. The molecular weight excluding hydrogens is 208 g/mol. The van der Waals surface area contributed by atoms with Gasteiger partial charge in [0.2, 0.25) is 0 Å². The minimum atomic E-state index is 0.0129. The van der Waals surface area contributed by atoms with Crippen LogP contribution in [0.25, 0.3) is 0 Å². The first-order valence-corrected chi connectivity index (χ1v) is 6.17. The van der Waals surface area contributed by atoms with Crippen LogP contribution in [0.3, 0.4) is 0 Å². The summed E-state index contributed by atoms with van der Waals surface area (Å²) in [6.45, 7) is 0. The third-order valence-corrected chi connectivity index (χ3v) is 3.24. The van der Waals surface area contributed by atoms with E-state index in [9.17, 15) is 0 Å². The van der Waals surface area contributed by atoms with E-state index in [0.29, 0.717) is 0 Å². The van der Waals surface area contributed by atoms with Gasteiger partial charge >= 0.3 is 0 Å². The van der Waals surface area contributed by atoms with Gasteiger partial charge in [-0.2, -0.15) is 0 Å². The average Bonchev–Trinajstić information content (AvgIpc) is 2.42. The molecule has 1 aromatic rings. The lowest BCUT2D eigenvalue weighted by atomic mass is 9.91. The van der Waals surface area contributed by atoms with Crippen molar-refractivity contribution in [2.45, 2.75) is 24.9 Å². The molecule has 0 radical (unpaired) electrons. The van der Waals surface area contributed by atoms with Gasteiger partial charge in [-0.1, -0.05) is 48.6 Å². The quantitative estimate of drug-likeness (QED) is 0.831. The molecule has 2 nitrogen and oxygen atoms in total. The molecule has 17 heavy (non-hydrogen) atoms. The van der Waals surface area contributed by atoms with E-state index in [0.717, 1.165) is 12.8 Å². The minimum absolute atomic E-state index is 0.0129. The molecule has 2 heteroatoms. The van der Waals surface area contributed by atoms with Crippen molar-refractivity contribution in [3.05, 3.63) is 59.7 Å². The summed E-state index contributed by atoms with van der Waals surface area (Å²) >= 11 is 0. The number of rotatable bonds is 4. The van der Waals surface area contributed by atoms with Gasteiger partial charge in [0.15, 0.2) is 0 Å². The van der Waals surface area contributed by atoms with E-state index >= 15 is 0 Å². The fourth-order valence-electron chi connectivity index (χ4n) is 2.29. The Bertz CT molecular complexity index is 406. The molecule has 0 unspecified atom stereocenters. The minimum Gasteiger partial charge on any atom is -0.322 e. The maximum Gasteiger partial charge on any atom is 0.0513 e. The summed E-state index contributed by atoms with van der Waals surface area (Å²) in [6, 6.07) is 10.6. The highest BCUT2D eigenvalue weighted by atomic mass is 14.9. The molecule has 0 amide bonds. The lowest BCUT2D eigenvalue weighted by molar-refractivity contribution is 0.523. The molecule has 0 aliphatic heterocycles. The summed E-state index contributed by atoms with van der Waals surface area (Å²) in [6.07, 6.45) is 8.84. The van der Waals surface area contributed by atoms with E-state index in [-0.39, 0.29) is 12.1 Å². The van der Waals surface area contributed by atoms with Crippen LogP contribution in [0, 0.1) is 0 Å². The Hall–Kier alpha value is -1.38. The van der Waals surface area contributed by atoms with Gasteiger partial charge in [0.25, 0.3) is 0 Å². The van der Waals surface area contributed by atoms with Gasteiger partial charge in [0.05, 0.1) is 6.04 Å². The first kappa shape index (κ1) is 12.1. The van der Waals surface area contributed by atoms with E-state index in [1.807, 2.05) is 13.1 Å². The van der Waals surface area contributed by atoms with Crippen molar-refractivity contribution in [2.75, 3.05) is 7.05 Å². The van der Waals surface area contributed by atoms with Crippen molar-refractivity contribution in [3.63, 3.8) is 0 Å². The number of nitrogens with one attached hydrogen (secondary N) is 1. The molecule has 0 fully saturated rings. The average molecular weight is 228 g/mol. The van der Waals surface area contributed by atoms with Crippen LogP contribution in [0.1, 0.15) is 24.4 Å². The maximum absolute atomic E-state index is 6.35. The smallest absolute Gasteiger partial charge is 0.0513 e. The Morgan fingerprint density at radius 2 is 1.94 bits per heavy atom. The maximum atomic E-state index is 6.35. The Morgan fingerprint density at radius 1 is 1.18 bits per heavy atom.